The average Bonchev–Trinajstić information content (AvgIpc) is 3.09. The van der Waals surface area contributed by atoms with Crippen molar-refractivity contribution in [2.45, 2.75) is 13.5 Å². The minimum Gasteiger partial charge on any atom is -0.469 e. The molecule has 0 unspecified atom stereocenters. The number of rotatable bonds is 4. The first-order valence-electron chi connectivity index (χ1n) is 7.72. The molecule has 0 saturated carbocycles. The Hall–Kier alpha value is -2.80. The predicted octanol–water partition coefficient (Wildman–Crippen LogP) is 4.06. The molecule has 7 heteroatoms. The van der Waals surface area contributed by atoms with Crippen LogP contribution in [0.5, 0.6) is 5.88 Å². The summed E-state index contributed by atoms with van der Waals surface area (Å²) in [7, 11) is 0. The van der Waals surface area contributed by atoms with Crippen LogP contribution in [0.3, 0.4) is 0 Å². The summed E-state index contributed by atoms with van der Waals surface area (Å²) < 4.78 is 6.88. The van der Waals surface area contributed by atoms with Crippen molar-refractivity contribution in [2.75, 3.05) is 0 Å². The van der Waals surface area contributed by atoms with Gasteiger partial charge in [0.2, 0.25) is 5.88 Å². The normalized spacial score (nSPS) is 11.0. The molecule has 0 atom stereocenters. The molecular formula is C18H14BrN5O. The first-order chi connectivity index (χ1) is 12.2. The van der Waals surface area contributed by atoms with E-state index in [1.807, 2.05) is 55.5 Å². The van der Waals surface area contributed by atoms with E-state index in [1.54, 1.807) is 0 Å². The molecule has 0 spiro atoms. The summed E-state index contributed by atoms with van der Waals surface area (Å²) >= 11 is 3.42. The van der Waals surface area contributed by atoms with Crippen LogP contribution in [-0.4, -0.2) is 25.1 Å². The lowest BCUT2D eigenvalue weighted by Crippen LogP contribution is -2.02. The molecule has 2 aromatic heterocycles. The summed E-state index contributed by atoms with van der Waals surface area (Å²) in [5.41, 5.74) is 1.80. The third kappa shape index (κ3) is 3.36. The largest absolute Gasteiger partial charge is 0.469 e. The third-order valence-electron chi connectivity index (χ3n) is 3.66. The van der Waals surface area contributed by atoms with Gasteiger partial charge in [-0.3, -0.25) is 5.10 Å². The molecule has 0 fully saturated rings. The highest BCUT2D eigenvalue weighted by Crippen LogP contribution is 2.23. The topological polar surface area (TPSA) is 76.6 Å². The lowest BCUT2D eigenvalue weighted by molar-refractivity contribution is 0.287. The van der Waals surface area contributed by atoms with Gasteiger partial charge < -0.3 is 4.74 Å². The summed E-state index contributed by atoms with van der Waals surface area (Å²) in [6, 6.07) is 15.6. The van der Waals surface area contributed by atoms with Gasteiger partial charge in [-0.05, 0) is 31.2 Å². The highest BCUT2D eigenvalue weighted by Gasteiger charge is 2.10. The number of nitrogens with one attached hydrogen (secondary N) is 1. The molecule has 1 N–H and O–H groups in total. The van der Waals surface area contributed by atoms with Crippen LogP contribution in [0.25, 0.3) is 22.3 Å². The van der Waals surface area contributed by atoms with Gasteiger partial charge in [0.05, 0.1) is 10.9 Å². The van der Waals surface area contributed by atoms with Crippen molar-refractivity contribution >= 4 is 26.8 Å². The van der Waals surface area contributed by atoms with Crippen LogP contribution in [0.15, 0.2) is 53.0 Å². The number of hydrogen-bond acceptors (Lipinski definition) is 5. The van der Waals surface area contributed by atoms with Crippen molar-refractivity contribution in [1.82, 2.24) is 25.1 Å². The van der Waals surface area contributed by atoms with Gasteiger partial charge in [0.1, 0.15) is 12.4 Å². The number of aryl methyl sites for hydroxylation is 1. The Bertz CT molecular complexity index is 1030. The summed E-state index contributed by atoms with van der Waals surface area (Å²) in [5, 5.41) is 8.03. The minimum atomic E-state index is 0.254. The Morgan fingerprint density at radius 2 is 1.80 bits per heavy atom. The predicted molar refractivity (Wildman–Crippen MR) is 98.1 cm³/mol. The van der Waals surface area contributed by atoms with Crippen molar-refractivity contribution in [3.8, 4) is 17.3 Å². The Morgan fingerprint density at radius 3 is 2.64 bits per heavy atom. The zero-order valence-electron chi connectivity index (χ0n) is 13.4. The lowest BCUT2D eigenvalue weighted by atomic mass is 10.2. The molecule has 0 radical (unpaired) electrons. The quantitative estimate of drug-likeness (QED) is 0.563. The standard InChI is InChI=1S/C18H14BrN5O/c1-11-20-15-5-3-2-4-14(15)18(21-11)25-10-16-22-17(24-23-16)12-6-8-13(19)9-7-12/h2-9H,10H2,1H3,(H,22,23,24). The molecule has 0 amide bonds. The zero-order chi connectivity index (χ0) is 17.2. The maximum Gasteiger partial charge on any atom is 0.225 e. The van der Waals surface area contributed by atoms with E-state index < -0.39 is 0 Å². The van der Waals surface area contributed by atoms with Gasteiger partial charge in [-0.25, -0.2) is 9.97 Å². The molecular weight excluding hydrogens is 382 g/mol. The second kappa shape index (κ2) is 6.60. The Balaban J connectivity index is 1.55. The van der Waals surface area contributed by atoms with Crippen molar-refractivity contribution in [2.24, 2.45) is 0 Å². The first-order valence-corrected chi connectivity index (χ1v) is 8.52. The van der Waals surface area contributed by atoms with Crippen molar-refractivity contribution < 1.29 is 4.74 Å². The number of nitrogens with zero attached hydrogens (tertiary/aromatic N) is 4. The number of para-hydroxylation sites is 1. The van der Waals surface area contributed by atoms with Gasteiger partial charge in [0, 0.05) is 10.0 Å². The monoisotopic (exact) mass is 395 g/mol. The van der Waals surface area contributed by atoms with E-state index in [1.165, 1.54) is 0 Å². The highest BCUT2D eigenvalue weighted by molar-refractivity contribution is 9.10. The Labute approximate surface area is 152 Å². The molecule has 6 nitrogen and oxygen atoms in total. The number of aromatic nitrogens is 5. The van der Waals surface area contributed by atoms with E-state index in [-0.39, 0.29) is 6.61 Å². The molecule has 0 aliphatic rings. The number of H-pyrrole nitrogens is 1. The van der Waals surface area contributed by atoms with E-state index in [9.17, 15) is 0 Å². The van der Waals surface area contributed by atoms with E-state index in [0.717, 1.165) is 20.9 Å². The van der Waals surface area contributed by atoms with Gasteiger partial charge in [-0.2, -0.15) is 10.1 Å². The number of hydrogen-bond donors (Lipinski definition) is 1. The molecule has 0 aliphatic carbocycles. The van der Waals surface area contributed by atoms with Crippen LogP contribution in [0.1, 0.15) is 11.6 Å². The summed E-state index contributed by atoms with van der Waals surface area (Å²) in [6.07, 6.45) is 0. The van der Waals surface area contributed by atoms with E-state index >= 15 is 0 Å². The van der Waals surface area contributed by atoms with Crippen LogP contribution in [-0.2, 0) is 6.61 Å². The highest BCUT2D eigenvalue weighted by atomic mass is 79.9. The molecule has 2 heterocycles. The van der Waals surface area contributed by atoms with Crippen LogP contribution in [0.4, 0.5) is 0 Å². The number of aromatic amines is 1. The molecule has 25 heavy (non-hydrogen) atoms. The van der Waals surface area contributed by atoms with Gasteiger partial charge in [0.25, 0.3) is 0 Å². The summed E-state index contributed by atoms with van der Waals surface area (Å²) in [4.78, 5) is 13.3. The van der Waals surface area contributed by atoms with Gasteiger partial charge in [0.15, 0.2) is 11.6 Å². The fraction of sp³-hybridized carbons (Fsp3) is 0.111. The fourth-order valence-electron chi connectivity index (χ4n) is 2.49. The second-order valence-corrected chi connectivity index (χ2v) is 6.41. The lowest BCUT2D eigenvalue weighted by Gasteiger charge is -2.07. The average molecular weight is 396 g/mol. The van der Waals surface area contributed by atoms with Gasteiger partial charge in [-0.1, -0.05) is 40.2 Å². The van der Waals surface area contributed by atoms with Crippen LogP contribution in [0.2, 0.25) is 0 Å². The van der Waals surface area contributed by atoms with E-state index in [2.05, 4.69) is 41.1 Å². The molecule has 0 aliphatic heterocycles. The van der Waals surface area contributed by atoms with Crippen LogP contribution < -0.4 is 4.74 Å². The fourth-order valence-corrected chi connectivity index (χ4v) is 2.76. The Morgan fingerprint density at radius 1 is 1.00 bits per heavy atom. The summed E-state index contributed by atoms with van der Waals surface area (Å²) in [5.74, 6) is 2.49. The van der Waals surface area contributed by atoms with Gasteiger partial charge in [-0.15, -0.1) is 0 Å². The summed E-state index contributed by atoms with van der Waals surface area (Å²) in [6.45, 7) is 2.10. The van der Waals surface area contributed by atoms with Crippen molar-refractivity contribution in [3.05, 3.63) is 64.7 Å². The van der Waals surface area contributed by atoms with E-state index in [0.29, 0.717) is 23.4 Å². The molecule has 4 aromatic rings. The molecule has 4 rings (SSSR count). The van der Waals surface area contributed by atoms with Gasteiger partial charge >= 0.3 is 0 Å². The Kier molecular flexibility index (Phi) is 4.15. The minimum absolute atomic E-state index is 0.254. The maximum absolute atomic E-state index is 5.86. The van der Waals surface area contributed by atoms with Crippen LogP contribution in [0, 0.1) is 6.92 Å². The SMILES string of the molecule is Cc1nc(OCc2nc(-c3ccc(Br)cc3)n[nH]2)c2ccccc2n1. The molecule has 124 valence electrons. The number of halogens is 1. The first kappa shape index (κ1) is 15.7. The third-order valence-corrected chi connectivity index (χ3v) is 4.19. The van der Waals surface area contributed by atoms with Crippen LogP contribution >= 0.6 is 15.9 Å². The number of benzene rings is 2. The van der Waals surface area contributed by atoms with Crippen molar-refractivity contribution in [1.29, 1.82) is 0 Å². The van der Waals surface area contributed by atoms with E-state index in [4.69, 9.17) is 4.74 Å². The molecule has 2 aromatic carbocycles. The molecule has 0 saturated heterocycles. The second-order valence-electron chi connectivity index (χ2n) is 5.49. The molecule has 0 bridgehead atoms. The zero-order valence-corrected chi connectivity index (χ0v) is 15.0. The maximum atomic E-state index is 5.86. The smallest absolute Gasteiger partial charge is 0.225 e. The van der Waals surface area contributed by atoms with Crippen molar-refractivity contribution in [3.63, 3.8) is 0 Å². The number of fused-ring (bicyclic) bond motifs is 1. The number of ether oxygens (including phenoxy) is 1.